The van der Waals surface area contributed by atoms with E-state index < -0.39 is 0 Å². The normalized spacial score (nSPS) is 16.7. The van der Waals surface area contributed by atoms with Gasteiger partial charge in [0, 0.05) is 26.2 Å². The van der Waals surface area contributed by atoms with Gasteiger partial charge >= 0.3 is 0 Å². The molecule has 2 aromatic carbocycles. The number of likely N-dealkylation sites (N-methyl/N-ethyl adjacent to an activating group) is 1. The molecule has 0 radical (unpaired) electrons. The van der Waals surface area contributed by atoms with Crippen molar-refractivity contribution in [3.05, 3.63) is 83.7 Å². The average molecular weight is 438 g/mol. The highest BCUT2D eigenvalue weighted by molar-refractivity contribution is 6.10. The second kappa shape index (κ2) is 9.75. The molecule has 0 amide bonds. The molecule has 33 heavy (non-hydrogen) atoms. The van der Waals surface area contributed by atoms with Crippen LogP contribution in [0.15, 0.2) is 71.7 Å². The Labute approximate surface area is 194 Å². The molecular formula is C26H27N7. The van der Waals surface area contributed by atoms with Crippen molar-refractivity contribution in [2.45, 2.75) is 0 Å². The summed E-state index contributed by atoms with van der Waals surface area (Å²) in [6.07, 6.45) is 6.02. The Kier molecular flexibility index (Phi) is 6.21. The van der Waals surface area contributed by atoms with Crippen molar-refractivity contribution in [3.8, 4) is 0 Å². The molecule has 1 N–H and O–H groups in total. The predicted molar refractivity (Wildman–Crippen MR) is 135 cm³/mol. The van der Waals surface area contributed by atoms with Crippen molar-refractivity contribution in [2.24, 2.45) is 4.99 Å². The summed E-state index contributed by atoms with van der Waals surface area (Å²) >= 11 is 0. The lowest BCUT2D eigenvalue weighted by Gasteiger charge is -2.32. The molecule has 0 bridgehead atoms. The Bertz CT molecular complexity index is 1180. The second-order valence-electron chi connectivity index (χ2n) is 8.21. The van der Waals surface area contributed by atoms with E-state index in [9.17, 15) is 0 Å². The highest BCUT2D eigenvalue weighted by Gasteiger charge is 2.19. The van der Waals surface area contributed by atoms with Crippen LogP contribution in [0, 0.1) is 0 Å². The van der Waals surface area contributed by atoms with E-state index in [1.165, 1.54) is 11.1 Å². The molecule has 0 unspecified atom stereocenters. The van der Waals surface area contributed by atoms with Crippen LogP contribution in [0.5, 0.6) is 0 Å². The molecule has 166 valence electrons. The minimum absolute atomic E-state index is 0.510. The molecule has 7 heteroatoms. The van der Waals surface area contributed by atoms with Crippen molar-refractivity contribution < 1.29 is 0 Å². The molecular weight excluding hydrogens is 410 g/mol. The smallest absolute Gasteiger partial charge is 0.233 e. The number of nitrogens with zero attached hydrogens (tertiary/aromatic N) is 6. The number of rotatable bonds is 5. The molecule has 2 aliphatic rings. The van der Waals surface area contributed by atoms with E-state index in [0.717, 1.165) is 37.6 Å². The number of amidine groups is 1. The van der Waals surface area contributed by atoms with Crippen LogP contribution in [-0.4, -0.2) is 65.5 Å². The largest absolute Gasteiger partial charge is 0.338 e. The lowest BCUT2D eigenvalue weighted by atomic mass is 10.1. The maximum atomic E-state index is 4.74. The molecule has 1 aromatic heterocycles. The molecule has 0 spiro atoms. The van der Waals surface area contributed by atoms with E-state index in [0.29, 0.717) is 24.3 Å². The Morgan fingerprint density at radius 1 is 0.818 bits per heavy atom. The van der Waals surface area contributed by atoms with E-state index >= 15 is 0 Å². The van der Waals surface area contributed by atoms with E-state index in [2.05, 4.69) is 62.5 Å². The van der Waals surface area contributed by atoms with Gasteiger partial charge in [0.1, 0.15) is 5.84 Å². The van der Waals surface area contributed by atoms with E-state index in [4.69, 9.17) is 9.97 Å². The summed E-state index contributed by atoms with van der Waals surface area (Å²) in [5.74, 6) is 2.59. The third-order valence-electron chi connectivity index (χ3n) is 5.77. The number of aliphatic imine (C=N–C) groups is 1. The minimum Gasteiger partial charge on any atom is -0.338 e. The number of aromatic nitrogens is 3. The fourth-order valence-electron chi connectivity index (χ4n) is 3.84. The summed E-state index contributed by atoms with van der Waals surface area (Å²) in [7, 11) is 2.14. The van der Waals surface area contributed by atoms with Gasteiger partial charge in [-0.3, -0.25) is 4.99 Å². The first kappa shape index (κ1) is 21.0. The number of hydrogen-bond donors (Lipinski definition) is 1. The van der Waals surface area contributed by atoms with E-state index in [-0.39, 0.29) is 0 Å². The van der Waals surface area contributed by atoms with Crippen LogP contribution in [0.25, 0.3) is 17.7 Å². The Morgan fingerprint density at radius 2 is 1.55 bits per heavy atom. The SMILES string of the molecule is CN1CCN(c2nc(/C=C/c3ccccc3)nc(NC3=NCC(c4ccccc4)=C3)n2)CC1. The van der Waals surface area contributed by atoms with Crippen LogP contribution >= 0.6 is 0 Å². The van der Waals surface area contributed by atoms with Gasteiger partial charge in [0.25, 0.3) is 0 Å². The van der Waals surface area contributed by atoms with Crippen molar-refractivity contribution in [3.63, 3.8) is 0 Å². The van der Waals surface area contributed by atoms with Crippen molar-refractivity contribution in [2.75, 3.05) is 50.0 Å². The maximum absolute atomic E-state index is 4.74. The summed E-state index contributed by atoms with van der Waals surface area (Å²) < 4.78 is 0. The molecule has 1 saturated heterocycles. The van der Waals surface area contributed by atoms with Crippen LogP contribution in [0.2, 0.25) is 0 Å². The number of nitrogens with one attached hydrogen (secondary N) is 1. The van der Waals surface area contributed by atoms with E-state index in [1.807, 2.05) is 48.6 Å². The van der Waals surface area contributed by atoms with Gasteiger partial charge in [0.15, 0.2) is 5.82 Å². The number of hydrogen-bond acceptors (Lipinski definition) is 7. The molecule has 7 nitrogen and oxygen atoms in total. The topological polar surface area (TPSA) is 69.5 Å². The quantitative estimate of drug-likeness (QED) is 0.656. The molecule has 0 atom stereocenters. The molecule has 1 fully saturated rings. The molecule has 5 rings (SSSR count). The standard InChI is InChI=1S/C26H27N7/c1-32-14-16-33(17-15-32)26-30-23(13-12-20-8-4-2-5-9-20)28-25(31-26)29-24-18-22(19-27-24)21-10-6-3-7-11-21/h2-13,18H,14-17,19H2,1H3,(H,27,28,29,30,31)/b13-12+. The van der Waals surface area contributed by atoms with Gasteiger partial charge in [0.2, 0.25) is 11.9 Å². The third kappa shape index (κ3) is 5.32. The summed E-state index contributed by atoms with van der Waals surface area (Å²) in [5, 5.41) is 3.31. The fourth-order valence-corrected chi connectivity index (χ4v) is 3.84. The van der Waals surface area contributed by atoms with Crippen LogP contribution in [0.1, 0.15) is 17.0 Å². The number of piperazine rings is 1. The van der Waals surface area contributed by atoms with Gasteiger partial charge in [-0.1, -0.05) is 66.7 Å². The van der Waals surface area contributed by atoms with Crippen molar-refractivity contribution in [1.82, 2.24) is 19.9 Å². The van der Waals surface area contributed by atoms with Crippen LogP contribution < -0.4 is 10.2 Å². The molecule has 3 heterocycles. The van der Waals surface area contributed by atoms with Crippen molar-refractivity contribution >= 4 is 35.5 Å². The highest BCUT2D eigenvalue weighted by Crippen LogP contribution is 2.20. The molecule has 3 aromatic rings. The van der Waals surface area contributed by atoms with Gasteiger partial charge in [-0.15, -0.1) is 0 Å². The second-order valence-corrected chi connectivity index (χ2v) is 8.21. The average Bonchev–Trinajstić information content (AvgIpc) is 3.33. The van der Waals surface area contributed by atoms with Crippen LogP contribution in [0.4, 0.5) is 11.9 Å². The number of benzene rings is 2. The van der Waals surface area contributed by atoms with Gasteiger partial charge in [-0.05, 0) is 35.9 Å². The Morgan fingerprint density at radius 3 is 2.30 bits per heavy atom. The van der Waals surface area contributed by atoms with Crippen molar-refractivity contribution in [1.29, 1.82) is 0 Å². The number of anilines is 2. The van der Waals surface area contributed by atoms with E-state index in [1.54, 1.807) is 0 Å². The van der Waals surface area contributed by atoms with Crippen LogP contribution in [-0.2, 0) is 0 Å². The summed E-state index contributed by atoms with van der Waals surface area (Å²) in [4.78, 5) is 23.3. The third-order valence-corrected chi connectivity index (χ3v) is 5.77. The zero-order chi connectivity index (χ0) is 22.5. The lowest BCUT2D eigenvalue weighted by molar-refractivity contribution is 0.311. The molecule has 2 aliphatic heterocycles. The predicted octanol–water partition coefficient (Wildman–Crippen LogP) is 3.70. The van der Waals surface area contributed by atoms with Gasteiger partial charge in [-0.2, -0.15) is 15.0 Å². The van der Waals surface area contributed by atoms with Gasteiger partial charge < -0.3 is 15.1 Å². The summed E-state index contributed by atoms with van der Waals surface area (Å²) in [6, 6.07) is 20.5. The lowest BCUT2D eigenvalue weighted by Crippen LogP contribution is -2.45. The molecule has 0 aliphatic carbocycles. The fraction of sp³-hybridized carbons (Fsp3) is 0.231. The first-order chi connectivity index (χ1) is 16.2. The minimum atomic E-state index is 0.510. The summed E-state index contributed by atoms with van der Waals surface area (Å²) in [5.41, 5.74) is 3.46. The Balaban J connectivity index is 1.40. The zero-order valence-electron chi connectivity index (χ0n) is 18.7. The first-order valence-electron chi connectivity index (χ1n) is 11.2. The summed E-state index contributed by atoms with van der Waals surface area (Å²) in [6.45, 7) is 4.39. The zero-order valence-corrected chi connectivity index (χ0v) is 18.7. The molecule has 0 saturated carbocycles. The maximum Gasteiger partial charge on any atom is 0.233 e. The van der Waals surface area contributed by atoms with Gasteiger partial charge in [-0.25, -0.2) is 0 Å². The Hall–Kier alpha value is -3.84. The van der Waals surface area contributed by atoms with Gasteiger partial charge in [0.05, 0.1) is 6.54 Å². The highest BCUT2D eigenvalue weighted by atomic mass is 15.3. The van der Waals surface area contributed by atoms with Crippen LogP contribution in [0.3, 0.4) is 0 Å². The first-order valence-corrected chi connectivity index (χ1v) is 11.2. The monoisotopic (exact) mass is 437 g/mol.